The fourth-order valence-corrected chi connectivity index (χ4v) is 2.56. The van der Waals surface area contributed by atoms with E-state index in [1.54, 1.807) is 18.2 Å². The molecular weight excluding hydrogens is 329 g/mol. The van der Waals surface area contributed by atoms with Gasteiger partial charge in [0.05, 0.1) is 5.02 Å². The fourth-order valence-electron chi connectivity index (χ4n) is 2.01. The second-order valence-corrected chi connectivity index (χ2v) is 6.30. The molecule has 5 heteroatoms. The molecule has 3 rings (SSSR count). The molecule has 0 atom stereocenters. The Balaban J connectivity index is 1.86. The molecule has 1 N–H and O–H groups in total. The highest BCUT2D eigenvalue weighted by Gasteiger charge is 2.21. The van der Waals surface area contributed by atoms with E-state index in [1.807, 2.05) is 18.2 Å². The van der Waals surface area contributed by atoms with Gasteiger partial charge in [0.1, 0.15) is 11.5 Å². The molecule has 0 spiro atoms. The van der Waals surface area contributed by atoms with E-state index in [-0.39, 0.29) is 0 Å². The Kier molecular flexibility index (Phi) is 4.60. The molecule has 0 radical (unpaired) electrons. The average Bonchev–Trinajstić information content (AvgIpc) is 3.26. The average molecular weight is 343 g/mol. The van der Waals surface area contributed by atoms with Crippen molar-refractivity contribution < 1.29 is 4.74 Å². The zero-order chi connectivity index (χ0) is 14.8. The van der Waals surface area contributed by atoms with Crippen LogP contribution in [0.3, 0.4) is 0 Å². The molecule has 0 saturated heterocycles. The van der Waals surface area contributed by atoms with Gasteiger partial charge in [0.2, 0.25) is 0 Å². The Bertz CT molecular complexity index is 656. The molecule has 2 aromatic rings. The Labute approximate surface area is 139 Å². The van der Waals surface area contributed by atoms with Gasteiger partial charge >= 0.3 is 0 Å². The zero-order valence-electron chi connectivity index (χ0n) is 11.2. The standard InChI is InChI=1S/C16H14Cl3NO/c17-10-4-7-14(19)16(8-10)21-15-3-1-2-13(18)12(15)9-20-11-5-6-11/h1-4,7-8,11,20H,5-6,9H2. The second kappa shape index (κ2) is 6.45. The van der Waals surface area contributed by atoms with Gasteiger partial charge < -0.3 is 10.1 Å². The molecule has 0 aromatic heterocycles. The first kappa shape index (κ1) is 15.0. The molecule has 0 aliphatic heterocycles. The van der Waals surface area contributed by atoms with Crippen LogP contribution in [-0.2, 0) is 6.54 Å². The van der Waals surface area contributed by atoms with Gasteiger partial charge in [-0.05, 0) is 37.1 Å². The highest BCUT2D eigenvalue weighted by atomic mass is 35.5. The SMILES string of the molecule is Clc1ccc(Cl)c(Oc2cccc(Cl)c2CNC2CC2)c1. The predicted octanol–water partition coefficient (Wildman–Crippen LogP) is 5.69. The molecule has 0 heterocycles. The lowest BCUT2D eigenvalue weighted by Gasteiger charge is -2.14. The molecule has 2 nitrogen and oxygen atoms in total. The highest BCUT2D eigenvalue weighted by molar-refractivity contribution is 6.34. The lowest BCUT2D eigenvalue weighted by atomic mass is 10.2. The van der Waals surface area contributed by atoms with Crippen molar-refractivity contribution in [2.24, 2.45) is 0 Å². The van der Waals surface area contributed by atoms with Crippen molar-refractivity contribution in [1.29, 1.82) is 0 Å². The first-order valence-electron chi connectivity index (χ1n) is 6.77. The van der Waals surface area contributed by atoms with Crippen LogP contribution in [-0.4, -0.2) is 6.04 Å². The van der Waals surface area contributed by atoms with E-state index < -0.39 is 0 Å². The summed E-state index contributed by atoms with van der Waals surface area (Å²) in [6, 6.07) is 11.3. The van der Waals surface area contributed by atoms with E-state index in [1.165, 1.54) is 12.8 Å². The van der Waals surface area contributed by atoms with Gasteiger partial charge in [-0.15, -0.1) is 0 Å². The van der Waals surface area contributed by atoms with Gasteiger partial charge in [-0.1, -0.05) is 40.9 Å². The topological polar surface area (TPSA) is 21.3 Å². The molecule has 21 heavy (non-hydrogen) atoms. The second-order valence-electron chi connectivity index (χ2n) is 5.05. The lowest BCUT2D eigenvalue weighted by molar-refractivity contribution is 0.473. The van der Waals surface area contributed by atoms with Crippen LogP contribution in [0.15, 0.2) is 36.4 Å². The Morgan fingerprint density at radius 2 is 1.81 bits per heavy atom. The third kappa shape index (κ3) is 3.83. The van der Waals surface area contributed by atoms with Crippen molar-refractivity contribution in [3.05, 3.63) is 57.0 Å². The predicted molar refractivity (Wildman–Crippen MR) is 87.8 cm³/mol. The summed E-state index contributed by atoms with van der Waals surface area (Å²) >= 11 is 18.4. The zero-order valence-corrected chi connectivity index (χ0v) is 13.5. The summed E-state index contributed by atoms with van der Waals surface area (Å²) in [5, 5.41) is 5.21. The summed E-state index contributed by atoms with van der Waals surface area (Å²) in [5.41, 5.74) is 0.933. The minimum absolute atomic E-state index is 0.514. The monoisotopic (exact) mass is 341 g/mol. The molecule has 2 aromatic carbocycles. The van der Waals surface area contributed by atoms with E-state index in [2.05, 4.69) is 5.32 Å². The molecule has 1 aliphatic carbocycles. The molecule has 1 fully saturated rings. The normalized spacial score (nSPS) is 14.2. The summed E-state index contributed by atoms with van der Waals surface area (Å²) in [5.74, 6) is 1.22. The van der Waals surface area contributed by atoms with Crippen molar-refractivity contribution in [2.75, 3.05) is 0 Å². The highest BCUT2D eigenvalue weighted by Crippen LogP contribution is 2.35. The van der Waals surface area contributed by atoms with Crippen molar-refractivity contribution in [1.82, 2.24) is 5.32 Å². The number of hydrogen-bond acceptors (Lipinski definition) is 2. The van der Waals surface area contributed by atoms with E-state index >= 15 is 0 Å². The number of hydrogen-bond donors (Lipinski definition) is 1. The molecular formula is C16H14Cl3NO. The molecule has 0 bridgehead atoms. The molecule has 110 valence electrons. The lowest BCUT2D eigenvalue weighted by Crippen LogP contribution is -2.16. The number of benzene rings is 2. The molecule has 0 unspecified atom stereocenters. The van der Waals surface area contributed by atoms with Gasteiger partial charge in [0.25, 0.3) is 0 Å². The van der Waals surface area contributed by atoms with Crippen LogP contribution in [0.25, 0.3) is 0 Å². The Morgan fingerprint density at radius 3 is 2.57 bits per heavy atom. The first-order chi connectivity index (χ1) is 10.1. The number of halogens is 3. The van der Waals surface area contributed by atoms with Gasteiger partial charge in [0.15, 0.2) is 0 Å². The maximum absolute atomic E-state index is 6.29. The first-order valence-corrected chi connectivity index (χ1v) is 7.90. The van der Waals surface area contributed by atoms with Gasteiger partial charge in [-0.3, -0.25) is 0 Å². The van der Waals surface area contributed by atoms with Gasteiger partial charge in [-0.2, -0.15) is 0 Å². The van der Waals surface area contributed by atoms with Crippen LogP contribution >= 0.6 is 34.8 Å². The van der Waals surface area contributed by atoms with E-state index in [0.717, 1.165) is 5.56 Å². The van der Waals surface area contributed by atoms with Crippen LogP contribution in [0.4, 0.5) is 0 Å². The Hall–Kier alpha value is -0.930. The number of ether oxygens (including phenoxy) is 1. The smallest absolute Gasteiger partial charge is 0.147 e. The van der Waals surface area contributed by atoms with Gasteiger partial charge in [0, 0.05) is 34.3 Å². The molecule has 1 aliphatic rings. The van der Waals surface area contributed by atoms with Crippen molar-refractivity contribution in [2.45, 2.75) is 25.4 Å². The van der Waals surface area contributed by atoms with Crippen LogP contribution < -0.4 is 10.1 Å². The summed E-state index contributed by atoms with van der Waals surface area (Å²) in [6.45, 7) is 0.678. The van der Waals surface area contributed by atoms with Crippen LogP contribution in [0.5, 0.6) is 11.5 Å². The van der Waals surface area contributed by atoms with Crippen molar-refractivity contribution in [3.63, 3.8) is 0 Å². The summed E-state index contributed by atoms with van der Waals surface area (Å²) in [6.07, 6.45) is 2.45. The van der Waals surface area contributed by atoms with Crippen molar-refractivity contribution >= 4 is 34.8 Å². The molecule has 1 saturated carbocycles. The third-order valence-corrected chi connectivity index (χ3v) is 4.24. The molecule has 0 amide bonds. The van der Waals surface area contributed by atoms with Crippen LogP contribution in [0, 0.1) is 0 Å². The third-order valence-electron chi connectivity index (χ3n) is 3.33. The minimum atomic E-state index is 0.514. The van der Waals surface area contributed by atoms with Crippen LogP contribution in [0.1, 0.15) is 18.4 Å². The van der Waals surface area contributed by atoms with Crippen LogP contribution in [0.2, 0.25) is 15.1 Å². The summed E-state index contributed by atoms with van der Waals surface area (Å²) < 4.78 is 5.91. The summed E-state index contributed by atoms with van der Waals surface area (Å²) in [4.78, 5) is 0. The fraction of sp³-hybridized carbons (Fsp3) is 0.250. The van der Waals surface area contributed by atoms with Gasteiger partial charge in [-0.25, -0.2) is 0 Å². The Morgan fingerprint density at radius 1 is 1.00 bits per heavy atom. The maximum Gasteiger partial charge on any atom is 0.147 e. The van der Waals surface area contributed by atoms with E-state index in [0.29, 0.717) is 39.2 Å². The minimum Gasteiger partial charge on any atom is -0.455 e. The summed E-state index contributed by atoms with van der Waals surface area (Å²) in [7, 11) is 0. The quantitative estimate of drug-likeness (QED) is 0.753. The van der Waals surface area contributed by atoms with E-state index in [4.69, 9.17) is 39.5 Å². The maximum atomic E-state index is 6.29. The number of rotatable bonds is 5. The largest absolute Gasteiger partial charge is 0.455 e. The van der Waals surface area contributed by atoms with E-state index in [9.17, 15) is 0 Å². The van der Waals surface area contributed by atoms with Crippen molar-refractivity contribution in [3.8, 4) is 11.5 Å². The number of nitrogens with one attached hydrogen (secondary N) is 1.